The number of anilines is 1. The van der Waals surface area contributed by atoms with Gasteiger partial charge in [-0.1, -0.05) is 30.3 Å². The molecular formula is C11H12ClFN2S. The number of benzene rings is 1. The van der Waals surface area contributed by atoms with E-state index in [1.54, 1.807) is 17.8 Å². The molecule has 0 amide bonds. The molecule has 16 heavy (non-hydrogen) atoms. The molecule has 0 aromatic heterocycles. The zero-order valence-corrected chi connectivity index (χ0v) is 10.4. The van der Waals surface area contributed by atoms with Gasteiger partial charge >= 0.3 is 0 Å². The molecule has 1 aromatic rings. The van der Waals surface area contributed by atoms with Crippen LogP contribution in [0.4, 0.5) is 10.1 Å². The van der Waals surface area contributed by atoms with E-state index < -0.39 is 5.82 Å². The summed E-state index contributed by atoms with van der Waals surface area (Å²) in [6.07, 6.45) is 1.03. The fourth-order valence-corrected chi connectivity index (χ4v) is 2.58. The number of hydrogen-bond acceptors (Lipinski definition) is 3. The average Bonchev–Trinajstić information content (AvgIpc) is 2.71. The Morgan fingerprint density at radius 2 is 2.44 bits per heavy atom. The van der Waals surface area contributed by atoms with Crippen LogP contribution in [0.25, 0.3) is 0 Å². The van der Waals surface area contributed by atoms with Crippen LogP contribution in [0, 0.1) is 5.82 Å². The van der Waals surface area contributed by atoms with Crippen molar-refractivity contribution in [2.45, 2.75) is 19.4 Å². The molecule has 1 aliphatic heterocycles. The van der Waals surface area contributed by atoms with Crippen LogP contribution < -0.4 is 5.32 Å². The van der Waals surface area contributed by atoms with Crippen LogP contribution in [0.3, 0.4) is 0 Å². The second-order valence-corrected chi connectivity index (χ2v) is 4.98. The van der Waals surface area contributed by atoms with Crippen molar-refractivity contribution >= 4 is 34.2 Å². The van der Waals surface area contributed by atoms with Crippen molar-refractivity contribution in [1.82, 2.24) is 0 Å². The summed E-state index contributed by atoms with van der Waals surface area (Å²) in [6, 6.07) is 5.04. The molecular weight excluding hydrogens is 247 g/mol. The lowest BCUT2D eigenvalue weighted by molar-refractivity contribution is 0.629. The third-order valence-electron chi connectivity index (χ3n) is 2.35. The third kappa shape index (κ3) is 2.68. The summed E-state index contributed by atoms with van der Waals surface area (Å²) in [5.74, 6) is 0.580. The van der Waals surface area contributed by atoms with Gasteiger partial charge in [-0.2, -0.15) is 0 Å². The molecule has 0 saturated heterocycles. The fourth-order valence-electron chi connectivity index (χ4n) is 1.39. The van der Waals surface area contributed by atoms with Gasteiger partial charge in [-0.25, -0.2) is 4.39 Å². The number of amidine groups is 1. The maximum absolute atomic E-state index is 13.2. The molecule has 1 aliphatic rings. The third-order valence-corrected chi connectivity index (χ3v) is 3.69. The zero-order chi connectivity index (χ0) is 11.5. The predicted molar refractivity (Wildman–Crippen MR) is 69.0 cm³/mol. The van der Waals surface area contributed by atoms with Crippen molar-refractivity contribution in [2.75, 3.05) is 11.1 Å². The number of hydrogen-bond donors (Lipinski definition) is 1. The Hall–Kier alpha value is -0.740. The molecule has 5 heteroatoms. The molecule has 1 atom stereocenters. The molecule has 0 aliphatic carbocycles. The summed E-state index contributed by atoms with van der Waals surface area (Å²) in [6.45, 7) is 2.11. The zero-order valence-electron chi connectivity index (χ0n) is 8.84. The minimum Gasteiger partial charge on any atom is -0.335 e. The number of halogens is 2. The van der Waals surface area contributed by atoms with E-state index in [0.29, 0.717) is 11.7 Å². The summed E-state index contributed by atoms with van der Waals surface area (Å²) in [7, 11) is 0. The summed E-state index contributed by atoms with van der Waals surface area (Å²) in [5.41, 5.74) is 0.685. The van der Waals surface area contributed by atoms with Crippen LogP contribution in [-0.4, -0.2) is 17.0 Å². The minimum absolute atomic E-state index is 0.137. The van der Waals surface area contributed by atoms with Gasteiger partial charge in [0.1, 0.15) is 5.82 Å². The van der Waals surface area contributed by atoms with Crippen molar-refractivity contribution < 1.29 is 4.39 Å². The largest absolute Gasteiger partial charge is 0.335 e. The van der Waals surface area contributed by atoms with E-state index in [-0.39, 0.29) is 5.02 Å². The van der Waals surface area contributed by atoms with Crippen molar-refractivity contribution in [1.29, 1.82) is 0 Å². The Bertz CT molecular complexity index is 422. The second kappa shape index (κ2) is 5.06. The van der Waals surface area contributed by atoms with Gasteiger partial charge in [0.15, 0.2) is 5.17 Å². The minimum atomic E-state index is -0.415. The first-order valence-electron chi connectivity index (χ1n) is 5.11. The molecule has 1 heterocycles. The van der Waals surface area contributed by atoms with Crippen molar-refractivity contribution in [2.24, 2.45) is 4.99 Å². The number of aliphatic imine (C=N–C) groups is 1. The fraction of sp³-hybridized carbons (Fsp3) is 0.364. The van der Waals surface area contributed by atoms with Gasteiger partial charge in [0.2, 0.25) is 0 Å². The number of nitrogens with zero attached hydrogens (tertiary/aromatic N) is 1. The van der Waals surface area contributed by atoms with E-state index in [2.05, 4.69) is 17.2 Å². The highest BCUT2D eigenvalue weighted by molar-refractivity contribution is 8.14. The normalized spacial score (nSPS) is 19.7. The molecule has 0 spiro atoms. The number of thioether (sulfide) groups is 1. The Labute approximate surface area is 103 Å². The van der Waals surface area contributed by atoms with Crippen LogP contribution in [0.15, 0.2) is 23.2 Å². The molecule has 1 unspecified atom stereocenters. The molecule has 0 radical (unpaired) electrons. The van der Waals surface area contributed by atoms with Crippen LogP contribution in [0.5, 0.6) is 0 Å². The van der Waals surface area contributed by atoms with Crippen LogP contribution in [-0.2, 0) is 0 Å². The first kappa shape index (κ1) is 11.7. The Morgan fingerprint density at radius 1 is 1.62 bits per heavy atom. The first-order valence-corrected chi connectivity index (χ1v) is 6.48. The van der Waals surface area contributed by atoms with E-state index >= 15 is 0 Å². The SMILES string of the molecule is CCC1CSC(Nc2ccc(Cl)c(F)c2)=N1. The number of nitrogens with one attached hydrogen (secondary N) is 1. The van der Waals surface area contributed by atoms with E-state index in [0.717, 1.165) is 17.3 Å². The number of rotatable bonds is 2. The Kier molecular flexibility index (Phi) is 3.71. The van der Waals surface area contributed by atoms with Crippen LogP contribution in [0.1, 0.15) is 13.3 Å². The van der Waals surface area contributed by atoms with Gasteiger partial charge in [-0.15, -0.1) is 0 Å². The van der Waals surface area contributed by atoms with Gasteiger partial charge in [-0.05, 0) is 24.6 Å². The van der Waals surface area contributed by atoms with Gasteiger partial charge in [0.25, 0.3) is 0 Å². The highest BCUT2D eigenvalue weighted by atomic mass is 35.5. The lowest BCUT2D eigenvalue weighted by Gasteiger charge is -2.05. The summed E-state index contributed by atoms with van der Waals surface area (Å²) in [5, 5.41) is 4.08. The smallest absolute Gasteiger partial charge is 0.161 e. The van der Waals surface area contributed by atoms with Crippen LogP contribution >= 0.6 is 23.4 Å². The van der Waals surface area contributed by atoms with E-state index in [1.165, 1.54) is 12.1 Å². The highest BCUT2D eigenvalue weighted by Crippen LogP contribution is 2.24. The standard InChI is InChI=1S/C11H12ClFN2S/c1-2-7-6-16-11(14-7)15-8-3-4-9(12)10(13)5-8/h3-5,7H,2,6H2,1H3,(H,14,15). The maximum atomic E-state index is 13.2. The van der Waals surface area contributed by atoms with Crippen molar-refractivity contribution in [3.63, 3.8) is 0 Å². The topological polar surface area (TPSA) is 24.4 Å². The maximum Gasteiger partial charge on any atom is 0.161 e. The molecule has 0 fully saturated rings. The van der Waals surface area contributed by atoms with Crippen molar-refractivity contribution in [3.05, 3.63) is 29.0 Å². The van der Waals surface area contributed by atoms with Crippen molar-refractivity contribution in [3.8, 4) is 0 Å². The van der Waals surface area contributed by atoms with E-state index in [9.17, 15) is 4.39 Å². The quantitative estimate of drug-likeness (QED) is 0.873. The molecule has 2 nitrogen and oxygen atoms in total. The molecule has 1 N–H and O–H groups in total. The van der Waals surface area contributed by atoms with Gasteiger partial charge in [0.05, 0.1) is 11.1 Å². The van der Waals surface area contributed by atoms with E-state index in [1.807, 2.05) is 0 Å². The predicted octanol–water partition coefficient (Wildman–Crippen LogP) is 3.77. The van der Waals surface area contributed by atoms with Crippen LogP contribution in [0.2, 0.25) is 5.02 Å². The van der Waals surface area contributed by atoms with E-state index in [4.69, 9.17) is 11.6 Å². The molecule has 2 rings (SSSR count). The summed E-state index contributed by atoms with van der Waals surface area (Å²) >= 11 is 7.27. The monoisotopic (exact) mass is 258 g/mol. The average molecular weight is 259 g/mol. The molecule has 1 aromatic carbocycles. The summed E-state index contributed by atoms with van der Waals surface area (Å²) in [4.78, 5) is 4.47. The lowest BCUT2D eigenvalue weighted by Crippen LogP contribution is -2.05. The highest BCUT2D eigenvalue weighted by Gasteiger charge is 2.16. The Balaban J connectivity index is 2.07. The Morgan fingerprint density at radius 3 is 3.06 bits per heavy atom. The van der Waals surface area contributed by atoms with Gasteiger partial charge < -0.3 is 5.32 Å². The lowest BCUT2D eigenvalue weighted by atomic mass is 10.3. The second-order valence-electron chi connectivity index (χ2n) is 3.56. The molecule has 0 saturated carbocycles. The first-order chi connectivity index (χ1) is 7.69. The molecule has 0 bridgehead atoms. The molecule has 86 valence electrons. The van der Waals surface area contributed by atoms with Gasteiger partial charge in [0, 0.05) is 11.4 Å². The summed E-state index contributed by atoms with van der Waals surface area (Å²) < 4.78 is 13.2. The van der Waals surface area contributed by atoms with Gasteiger partial charge in [-0.3, -0.25) is 4.99 Å².